The summed E-state index contributed by atoms with van der Waals surface area (Å²) in [5.41, 5.74) is 2.31. The first-order valence-electron chi connectivity index (χ1n) is 4.93. The van der Waals surface area contributed by atoms with Gasteiger partial charge in [0.2, 0.25) is 0 Å². The van der Waals surface area contributed by atoms with E-state index < -0.39 is 0 Å². The molecular weight excluding hydrogens is 210 g/mol. The molecule has 0 radical (unpaired) electrons. The molecule has 3 heteroatoms. The number of rotatable bonds is 3. The Morgan fingerprint density at radius 2 is 2.13 bits per heavy atom. The van der Waals surface area contributed by atoms with Crippen LogP contribution in [0.15, 0.2) is 34.9 Å². The Balaban J connectivity index is 0.00000112. The fourth-order valence-electron chi connectivity index (χ4n) is 1.60. The Kier molecular flexibility index (Phi) is 4.18. The van der Waals surface area contributed by atoms with E-state index in [-0.39, 0.29) is 12.4 Å². The minimum absolute atomic E-state index is 0. The zero-order valence-corrected chi connectivity index (χ0v) is 9.80. The molecule has 1 aromatic heterocycles. The van der Waals surface area contributed by atoms with Crippen molar-refractivity contribution in [2.75, 3.05) is 7.05 Å². The molecule has 0 spiro atoms. The second-order valence-electron chi connectivity index (χ2n) is 3.69. The molecule has 0 aliphatic heterocycles. The lowest BCUT2D eigenvalue weighted by atomic mass is 10.1. The van der Waals surface area contributed by atoms with Crippen LogP contribution in [-0.4, -0.2) is 13.1 Å². The summed E-state index contributed by atoms with van der Waals surface area (Å²) in [5.74, 6) is 0. The minimum Gasteiger partial charge on any atom is -0.464 e. The summed E-state index contributed by atoms with van der Waals surface area (Å²) < 4.78 is 5.29. The molecule has 0 amide bonds. The summed E-state index contributed by atoms with van der Waals surface area (Å²) in [6.45, 7) is 2.18. The van der Waals surface area contributed by atoms with Gasteiger partial charge >= 0.3 is 0 Å². The Hall–Kier alpha value is -0.990. The molecule has 0 aliphatic rings. The quantitative estimate of drug-likeness (QED) is 0.869. The Morgan fingerprint density at radius 3 is 2.87 bits per heavy atom. The maximum atomic E-state index is 5.29. The van der Waals surface area contributed by atoms with Gasteiger partial charge in [-0.15, -0.1) is 12.4 Å². The molecular formula is C12H16ClNO. The van der Waals surface area contributed by atoms with E-state index in [1.54, 1.807) is 6.26 Å². The van der Waals surface area contributed by atoms with Crippen molar-refractivity contribution < 1.29 is 4.42 Å². The number of likely N-dealkylation sites (N-methyl/N-ethyl adjacent to an activating group) is 1. The van der Waals surface area contributed by atoms with Gasteiger partial charge in [0.05, 0.1) is 6.26 Å². The van der Waals surface area contributed by atoms with Gasteiger partial charge in [0.15, 0.2) is 0 Å². The van der Waals surface area contributed by atoms with Crippen LogP contribution >= 0.6 is 12.4 Å². The zero-order valence-electron chi connectivity index (χ0n) is 8.99. The number of fused-ring (bicyclic) bond motifs is 1. The highest BCUT2D eigenvalue weighted by Gasteiger charge is 2.02. The van der Waals surface area contributed by atoms with Gasteiger partial charge in [-0.05, 0) is 44.2 Å². The predicted octanol–water partition coefficient (Wildman–Crippen LogP) is 3.01. The van der Waals surface area contributed by atoms with Crippen molar-refractivity contribution in [3.05, 3.63) is 36.1 Å². The van der Waals surface area contributed by atoms with Crippen LogP contribution in [-0.2, 0) is 6.42 Å². The summed E-state index contributed by atoms with van der Waals surface area (Å²) in [4.78, 5) is 0. The van der Waals surface area contributed by atoms with E-state index in [1.807, 2.05) is 19.2 Å². The third-order valence-electron chi connectivity index (χ3n) is 2.55. The van der Waals surface area contributed by atoms with Gasteiger partial charge in [-0.2, -0.15) is 0 Å². The molecule has 1 aromatic carbocycles. The topological polar surface area (TPSA) is 25.2 Å². The van der Waals surface area contributed by atoms with Gasteiger partial charge in [0.25, 0.3) is 0 Å². The van der Waals surface area contributed by atoms with Crippen molar-refractivity contribution in [1.29, 1.82) is 0 Å². The molecule has 0 saturated heterocycles. The molecule has 1 atom stereocenters. The van der Waals surface area contributed by atoms with Crippen LogP contribution in [0.5, 0.6) is 0 Å². The summed E-state index contributed by atoms with van der Waals surface area (Å²) in [5, 5.41) is 4.42. The maximum absolute atomic E-state index is 5.29. The molecule has 0 saturated carbocycles. The highest BCUT2D eigenvalue weighted by molar-refractivity contribution is 5.85. The smallest absolute Gasteiger partial charge is 0.133 e. The van der Waals surface area contributed by atoms with Crippen LogP contribution in [0, 0.1) is 0 Å². The van der Waals surface area contributed by atoms with Gasteiger partial charge in [-0.25, -0.2) is 0 Å². The highest BCUT2D eigenvalue weighted by Crippen LogP contribution is 2.17. The molecule has 0 bridgehead atoms. The average molecular weight is 226 g/mol. The fraction of sp³-hybridized carbons (Fsp3) is 0.333. The van der Waals surface area contributed by atoms with Gasteiger partial charge in [-0.1, -0.05) is 6.07 Å². The molecule has 2 nitrogen and oxygen atoms in total. The van der Waals surface area contributed by atoms with Gasteiger partial charge in [0, 0.05) is 11.4 Å². The average Bonchev–Trinajstić information content (AvgIpc) is 2.64. The lowest BCUT2D eigenvalue weighted by Crippen LogP contribution is -2.23. The fourth-order valence-corrected chi connectivity index (χ4v) is 1.60. The predicted molar refractivity (Wildman–Crippen MR) is 65.7 cm³/mol. The largest absolute Gasteiger partial charge is 0.464 e. The van der Waals surface area contributed by atoms with E-state index in [2.05, 4.69) is 24.4 Å². The second kappa shape index (κ2) is 5.19. The Morgan fingerprint density at radius 1 is 1.33 bits per heavy atom. The Bertz CT molecular complexity index is 424. The van der Waals surface area contributed by atoms with Crippen molar-refractivity contribution in [3.8, 4) is 0 Å². The number of halogens is 1. The first-order chi connectivity index (χ1) is 6.79. The molecule has 0 unspecified atom stereocenters. The summed E-state index contributed by atoms with van der Waals surface area (Å²) in [6.07, 6.45) is 2.79. The summed E-state index contributed by atoms with van der Waals surface area (Å²) >= 11 is 0. The number of hydrogen-bond acceptors (Lipinski definition) is 2. The van der Waals surface area contributed by atoms with Crippen molar-refractivity contribution in [1.82, 2.24) is 5.32 Å². The van der Waals surface area contributed by atoms with Gasteiger partial charge in [0.1, 0.15) is 5.58 Å². The summed E-state index contributed by atoms with van der Waals surface area (Å²) in [7, 11) is 1.99. The van der Waals surface area contributed by atoms with Crippen LogP contribution in [0.2, 0.25) is 0 Å². The lowest BCUT2D eigenvalue weighted by Gasteiger charge is -2.09. The monoisotopic (exact) mass is 225 g/mol. The van der Waals surface area contributed by atoms with Crippen LogP contribution in [0.4, 0.5) is 0 Å². The third-order valence-corrected chi connectivity index (χ3v) is 2.55. The SMILES string of the molecule is CN[C@H](C)Cc1ccc2occc2c1.Cl. The standard InChI is InChI=1S/C12H15NO.ClH/c1-9(13-2)7-10-3-4-12-11(8-10)5-6-14-12;/h3-6,8-9,13H,7H2,1-2H3;1H/t9-;/m1./s1. The van der Waals surface area contributed by atoms with E-state index in [0.29, 0.717) is 6.04 Å². The highest BCUT2D eigenvalue weighted by atomic mass is 35.5. The lowest BCUT2D eigenvalue weighted by molar-refractivity contribution is 0.606. The number of furan rings is 1. The second-order valence-corrected chi connectivity index (χ2v) is 3.69. The third kappa shape index (κ3) is 2.74. The van der Waals surface area contributed by atoms with Crippen LogP contribution in [0.1, 0.15) is 12.5 Å². The van der Waals surface area contributed by atoms with E-state index >= 15 is 0 Å². The maximum Gasteiger partial charge on any atom is 0.133 e. The van der Waals surface area contributed by atoms with Crippen molar-refractivity contribution >= 4 is 23.4 Å². The van der Waals surface area contributed by atoms with Gasteiger partial charge < -0.3 is 9.73 Å². The van der Waals surface area contributed by atoms with Crippen molar-refractivity contribution in [2.45, 2.75) is 19.4 Å². The van der Waals surface area contributed by atoms with E-state index in [9.17, 15) is 0 Å². The first-order valence-corrected chi connectivity index (χ1v) is 4.93. The molecule has 1 N–H and O–H groups in total. The van der Waals surface area contributed by atoms with Crippen LogP contribution < -0.4 is 5.32 Å². The van der Waals surface area contributed by atoms with Crippen molar-refractivity contribution in [2.24, 2.45) is 0 Å². The number of benzene rings is 1. The van der Waals surface area contributed by atoms with Gasteiger partial charge in [-0.3, -0.25) is 0 Å². The molecule has 2 aromatic rings. The molecule has 0 fully saturated rings. The number of nitrogens with one attached hydrogen (secondary N) is 1. The van der Waals surface area contributed by atoms with E-state index in [0.717, 1.165) is 12.0 Å². The van der Waals surface area contributed by atoms with Crippen LogP contribution in [0.3, 0.4) is 0 Å². The van der Waals surface area contributed by atoms with E-state index in [1.165, 1.54) is 10.9 Å². The molecule has 2 rings (SSSR count). The van der Waals surface area contributed by atoms with E-state index in [4.69, 9.17) is 4.42 Å². The van der Waals surface area contributed by atoms with Crippen LogP contribution in [0.25, 0.3) is 11.0 Å². The molecule has 82 valence electrons. The minimum atomic E-state index is 0. The first kappa shape index (κ1) is 12.1. The molecule has 0 aliphatic carbocycles. The Labute approximate surface area is 96.1 Å². The molecule has 1 heterocycles. The summed E-state index contributed by atoms with van der Waals surface area (Å²) in [6, 6.07) is 8.86. The normalized spacial score (nSPS) is 12.4. The zero-order chi connectivity index (χ0) is 9.97. The van der Waals surface area contributed by atoms with Crippen molar-refractivity contribution in [3.63, 3.8) is 0 Å². The molecule has 15 heavy (non-hydrogen) atoms. The number of hydrogen-bond donors (Lipinski definition) is 1.